The zero-order chi connectivity index (χ0) is 17.6. The van der Waals surface area contributed by atoms with Gasteiger partial charge in [-0.05, 0) is 37.5 Å². The highest BCUT2D eigenvalue weighted by molar-refractivity contribution is 9.10. The summed E-state index contributed by atoms with van der Waals surface area (Å²) in [5.41, 5.74) is 0.948. The fraction of sp³-hybridized carbons (Fsp3) is 0.526. The number of rotatable bonds is 6. The van der Waals surface area contributed by atoms with Crippen LogP contribution in [-0.2, 0) is 4.79 Å². The Morgan fingerprint density at radius 1 is 1.28 bits per heavy atom. The van der Waals surface area contributed by atoms with E-state index in [1.54, 1.807) is 6.33 Å². The van der Waals surface area contributed by atoms with Gasteiger partial charge < -0.3 is 10.2 Å². The number of piperidine rings is 1. The minimum atomic E-state index is 0.123. The normalized spacial score (nSPS) is 15.5. The van der Waals surface area contributed by atoms with E-state index in [0.717, 1.165) is 60.1 Å². The quantitative estimate of drug-likeness (QED) is 0.741. The van der Waals surface area contributed by atoms with E-state index in [-0.39, 0.29) is 11.8 Å². The average Bonchev–Trinajstić information content (AvgIpc) is 2.64. The summed E-state index contributed by atoms with van der Waals surface area (Å²) >= 11 is 3.53. The SMILES string of the molecule is CCCCCNC(=O)C1CCN(c2ncnc3ccc(Br)cc23)CC1. The van der Waals surface area contributed by atoms with Crippen LogP contribution >= 0.6 is 15.9 Å². The minimum Gasteiger partial charge on any atom is -0.356 e. The van der Waals surface area contributed by atoms with Crippen LogP contribution in [0.2, 0.25) is 0 Å². The summed E-state index contributed by atoms with van der Waals surface area (Å²) < 4.78 is 1.03. The second-order valence-electron chi connectivity index (χ2n) is 6.62. The fourth-order valence-electron chi connectivity index (χ4n) is 3.35. The van der Waals surface area contributed by atoms with Crippen LogP contribution in [0.1, 0.15) is 39.0 Å². The van der Waals surface area contributed by atoms with Crippen molar-refractivity contribution >= 4 is 38.6 Å². The smallest absolute Gasteiger partial charge is 0.223 e. The molecule has 1 aliphatic rings. The predicted molar refractivity (Wildman–Crippen MR) is 105 cm³/mol. The van der Waals surface area contributed by atoms with Gasteiger partial charge in [0, 0.05) is 35.4 Å². The summed E-state index contributed by atoms with van der Waals surface area (Å²) in [7, 11) is 0. The van der Waals surface area contributed by atoms with Gasteiger partial charge >= 0.3 is 0 Å². The van der Waals surface area contributed by atoms with Crippen molar-refractivity contribution in [2.24, 2.45) is 5.92 Å². The van der Waals surface area contributed by atoms with E-state index < -0.39 is 0 Å². The van der Waals surface area contributed by atoms with Crippen molar-refractivity contribution < 1.29 is 4.79 Å². The molecule has 134 valence electrons. The number of nitrogens with zero attached hydrogens (tertiary/aromatic N) is 3. The zero-order valence-corrected chi connectivity index (χ0v) is 16.3. The maximum absolute atomic E-state index is 12.3. The summed E-state index contributed by atoms with van der Waals surface area (Å²) in [6.07, 6.45) is 6.80. The van der Waals surface area contributed by atoms with Gasteiger partial charge in [0.05, 0.1) is 5.52 Å². The lowest BCUT2D eigenvalue weighted by molar-refractivity contribution is -0.125. The highest BCUT2D eigenvalue weighted by Crippen LogP contribution is 2.29. The molecule has 1 saturated heterocycles. The number of nitrogens with one attached hydrogen (secondary N) is 1. The lowest BCUT2D eigenvalue weighted by Gasteiger charge is -2.32. The average molecular weight is 405 g/mol. The van der Waals surface area contributed by atoms with Gasteiger partial charge in [0.25, 0.3) is 0 Å². The molecule has 0 saturated carbocycles. The first-order valence-corrected chi connectivity index (χ1v) is 9.91. The molecule has 1 aromatic heterocycles. The predicted octanol–water partition coefficient (Wildman–Crippen LogP) is 3.92. The fourth-order valence-corrected chi connectivity index (χ4v) is 3.71. The molecule has 0 bridgehead atoms. The van der Waals surface area contributed by atoms with Crippen LogP contribution in [0.4, 0.5) is 5.82 Å². The van der Waals surface area contributed by atoms with Gasteiger partial charge in [-0.25, -0.2) is 9.97 Å². The van der Waals surface area contributed by atoms with E-state index in [1.807, 2.05) is 12.1 Å². The highest BCUT2D eigenvalue weighted by atomic mass is 79.9. The van der Waals surface area contributed by atoms with Gasteiger partial charge in [-0.2, -0.15) is 0 Å². The summed E-state index contributed by atoms with van der Waals surface area (Å²) in [6.45, 7) is 4.68. The monoisotopic (exact) mass is 404 g/mol. The Balaban J connectivity index is 1.61. The molecule has 1 aromatic carbocycles. The number of amides is 1. The Bertz CT molecular complexity index is 728. The van der Waals surface area contributed by atoms with Gasteiger partial charge in [0.15, 0.2) is 0 Å². The van der Waals surface area contributed by atoms with Crippen molar-refractivity contribution in [3.8, 4) is 0 Å². The number of benzene rings is 1. The van der Waals surface area contributed by atoms with E-state index in [4.69, 9.17) is 0 Å². The standard InChI is InChI=1S/C19H25BrN4O/c1-2-3-4-9-21-19(25)14-7-10-24(11-8-14)18-16-12-15(20)5-6-17(16)22-13-23-18/h5-6,12-14H,2-4,7-11H2,1H3,(H,21,25). The molecule has 3 rings (SSSR count). The summed E-state index contributed by atoms with van der Waals surface area (Å²) in [6, 6.07) is 6.06. The third-order valence-corrected chi connectivity index (χ3v) is 5.31. The number of halogens is 1. The Hall–Kier alpha value is -1.69. The molecule has 1 aliphatic heterocycles. The molecule has 1 amide bonds. The summed E-state index contributed by atoms with van der Waals surface area (Å²) in [4.78, 5) is 23.4. The number of carbonyl (C=O) groups is 1. The van der Waals surface area contributed by atoms with Crippen molar-refractivity contribution in [1.82, 2.24) is 15.3 Å². The van der Waals surface area contributed by atoms with E-state index in [0.29, 0.717) is 0 Å². The number of fused-ring (bicyclic) bond motifs is 1. The Morgan fingerprint density at radius 2 is 2.08 bits per heavy atom. The van der Waals surface area contributed by atoms with Crippen molar-refractivity contribution in [1.29, 1.82) is 0 Å². The lowest BCUT2D eigenvalue weighted by atomic mass is 9.95. The van der Waals surface area contributed by atoms with Crippen LogP contribution in [0, 0.1) is 5.92 Å². The molecule has 1 N–H and O–H groups in total. The van der Waals surface area contributed by atoms with E-state index in [9.17, 15) is 4.79 Å². The van der Waals surface area contributed by atoms with E-state index in [1.165, 1.54) is 12.8 Å². The van der Waals surface area contributed by atoms with Crippen molar-refractivity contribution in [3.05, 3.63) is 29.0 Å². The van der Waals surface area contributed by atoms with E-state index in [2.05, 4.69) is 49.1 Å². The number of hydrogen-bond donors (Lipinski definition) is 1. The lowest BCUT2D eigenvalue weighted by Crippen LogP contribution is -2.41. The van der Waals surface area contributed by atoms with Crippen LogP contribution in [0.15, 0.2) is 29.0 Å². The molecule has 0 aliphatic carbocycles. The molecule has 0 spiro atoms. The number of carbonyl (C=O) groups excluding carboxylic acids is 1. The molecule has 0 radical (unpaired) electrons. The van der Waals surface area contributed by atoms with Gasteiger partial charge in [0.1, 0.15) is 12.1 Å². The molecular weight excluding hydrogens is 380 g/mol. The van der Waals surface area contributed by atoms with Crippen LogP contribution in [-0.4, -0.2) is 35.5 Å². The Kier molecular flexibility index (Phi) is 6.24. The number of aromatic nitrogens is 2. The maximum atomic E-state index is 12.3. The largest absolute Gasteiger partial charge is 0.356 e. The number of unbranched alkanes of at least 4 members (excludes halogenated alkanes) is 2. The molecule has 2 aromatic rings. The van der Waals surface area contributed by atoms with Crippen LogP contribution < -0.4 is 10.2 Å². The molecule has 0 unspecified atom stereocenters. The van der Waals surface area contributed by atoms with Crippen molar-refractivity contribution in [3.63, 3.8) is 0 Å². The molecular formula is C19H25BrN4O. The maximum Gasteiger partial charge on any atom is 0.223 e. The molecule has 1 fully saturated rings. The third-order valence-electron chi connectivity index (χ3n) is 4.82. The molecule has 0 atom stereocenters. The van der Waals surface area contributed by atoms with Gasteiger partial charge in [-0.15, -0.1) is 0 Å². The van der Waals surface area contributed by atoms with Crippen molar-refractivity contribution in [2.75, 3.05) is 24.5 Å². The Labute approximate surface area is 157 Å². The van der Waals surface area contributed by atoms with Gasteiger partial charge in [0.2, 0.25) is 5.91 Å². The first-order valence-electron chi connectivity index (χ1n) is 9.12. The first-order chi connectivity index (χ1) is 12.2. The zero-order valence-electron chi connectivity index (χ0n) is 14.7. The summed E-state index contributed by atoms with van der Waals surface area (Å²) in [5, 5.41) is 4.14. The molecule has 6 heteroatoms. The van der Waals surface area contributed by atoms with Crippen LogP contribution in [0.25, 0.3) is 10.9 Å². The van der Waals surface area contributed by atoms with E-state index >= 15 is 0 Å². The third kappa shape index (κ3) is 4.48. The topological polar surface area (TPSA) is 58.1 Å². The minimum absolute atomic E-state index is 0.123. The molecule has 2 heterocycles. The van der Waals surface area contributed by atoms with Gasteiger partial charge in [-0.3, -0.25) is 4.79 Å². The van der Waals surface area contributed by atoms with Crippen LogP contribution in [0.5, 0.6) is 0 Å². The van der Waals surface area contributed by atoms with Crippen LogP contribution in [0.3, 0.4) is 0 Å². The first kappa shape index (κ1) is 18.1. The van der Waals surface area contributed by atoms with Gasteiger partial charge in [-0.1, -0.05) is 35.7 Å². The molecule has 5 nitrogen and oxygen atoms in total. The molecule has 25 heavy (non-hydrogen) atoms. The van der Waals surface area contributed by atoms with Crippen molar-refractivity contribution in [2.45, 2.75) is 39.0 Å². The number of hydrogen-bond acceptors (Lipinski definition) is 4. The second-order valence-corrected chi connectivity index (χ2v) is 7.53. The summed E-state index contributed by atoms with van der Waals surface area (Å²) in [5.74, 6) is 1.30. The second kappa shape index (κ2) is 8.61. The number of anilines is 1. The Morgan fingerprint density at radius 3 is 2.84 bits per heavy atom. The highest BCUT2D eigenvalue weighted by Gasteiger charge is 2.26.